The van der Waals surface area contributed by atoms with E-state index in [9.17, 15) is 4.39 Å². The molecule has 0 saturated heterocycles. The normalized spacial score (nSPS) is 11.7. The Hall–Kier alpha value is -1.48. The van der Waals surface area contributed by atoms with Crippen molar-refractivity contribution in [1.82, 2.24) is 10.2 Å². The molecule has 3 N–H and O–H groups in total. The molecule has 0 bridgehead atoms. The first-order valence-corrected chi connectivity index (χ1v) is 9.13. The topological polar surface area (TPSA) is 81.3 Å². The monoisotopic (exact) mass is 449 g/mol. The van der Waals surface area contributed by atoms with Crippen LogP contribution in [-0.2, 0) is 0 Å². The summed E-state index contributed by atoms with van der Waals surface area (Å²) in [6, 6.07) is 9.21. The Morgan fingerprint density at radius 3 is 2.63 bits per heavy atom. The van der Waals surface area contributed by atoms with E-state index in [0.29, 0.717) is 20.6 Å². The molecule has 27 heavy (non-hydrogen) atoms. The number of nitrogens with zero attached hydrogens (tertiary/aromatic N) is 2. The van der Waals surface area contributed by atoms with Crippen LogP contribution in [0.2, 0.25) is 10.0 Å². The number of nitrogens with two attached hydrogens (primary N) is 1. The van der Waals surface area contributed by atoms with E-state index in [4.69, 9.17) is 38.8 Å². The Balaban J connectivity index is 0.00000261. The molecule has 10 heteroatoms. The zero-order chi connectivity index (χ0) is 18.7. The molecule has 0 saturated carbocycles. The van der Waals surface area contributed by atoms with Crippen molar-refractivity contribution < 1.29 is 14.2 Å². The molecule has 1 aromatic heterocycles. The number of aromatic nitrogens is 2. The molecule has 0 aliphatic carbocycles. The van der Waals surface area contributed by atoms with Crippen LogP contribution in [0.15, 0.2) is 36.4 Å². The molecule has 5 nitrogen and oxygen atoms in total. The highest BCUT2D eigenvalue weighted by Crippen LogP contribution is 2.37. The van der Waals surface area contributed by atoms with Crippen LogP contribution in [0.3, 0.4) is 0 Å². The van der Waals surface area contributed by atoms with E-state index in [1.165, 1.54) is 23.5 Å². The standard InChI is InChI=1S/C17H14Cl2FN3O2S.ClH/c18-10-3-1-2-9(4-10)16-22-23-17(26-16)12-5-14(20)15(6-13(12)19)25-8-11(21)7-24;/h1-6,11,24H,7-8,21H2;1H/t11-;/m1./s1. The summed E-state index contributed by atoms with van der Waals surface area (Å²) in [7, 11) is 0. The summed E-state index contributed by atoms with van der Waals surface area (Å²) in [5.74, 6) is -0.642. The predicted molar refractivity (Wildman–Crippen MR) is 109 cm³/mol. The molecule has 0 unspecified atom stereocenters. The minimum Gasteiger partial charge on any atom is -0.489 e. The molecule has 0 aliphatic heterocycles. The van der Waals surface area contributed by atoms with Crippen molar-refractivity contribution in [2.45, 2.75) is 6.04 Å². The Labute approximate surface area is 175 Å². The van der Waals surface area contributed by atoms with Gasteiger partial charge in [-0.1, -0.05) is 46.7 Å². The number of rotatable bonds is 6. The van der Waals surface area contributed by atoms with E-state index in [2.05, 4.69) is 10.2 Å². The van der Waals surface area contributed by atoms with Gasteiger partial charge in [0.25, 0.3) is 0 Å². The van der Waals surface area contributed by atoms with E-state index < -0.39 is 11.9 Å². The van der Waals surface area contributed by atoms with Gasteiger partial charge in [0.05, 0.1) is 17.7 Å². The van der Waals surface area contributed by atoms with E-state index in [1.54, 1.807) is 12.1 Å². The van der Waals surface area contributed by atoms with E-state index in [-0.39, 0.29) is 36.4 Å². The van der Waals surface area contributed by atoms with Crippen molar-refractivity contribution in [2.75, 3.05) is 13.2 Å². The lowest BCUT2D eigenvalue weighted by Gasteiger charge is -2.12. The molecule has 1 atom stereocenters. The zero-order valence-electron chi connectivity index (χ0n) is 13.7. The van der Waals surface area contributed by atoms with Crippen molar-refractivity contribution in [2.24, 2.45) is 5.73 Å². The SMILES string of the molecule is Cl.N[C@H](CO)COc1cc(Cl)c(-c2nnc(-c3cccc(Cl)c3)s2)cc1F. The maximum absolute atomic E-state index is 14.3. The van der Waals surface area contributed by atoms with Crippen molar-refractivity contribution >= 4 is 46.9 Å². The van der Waals surface area contributed by atoms with Crippen molar-refractivity contribution in [1.29, 1.82) is 0 Å². The molecular weight excluding hydrogens is 436 g/mol. The van der Waals surface area contributed by atoms with Gasteiger partial charge in [0.1, 0.15) is 16.6 Å². The maximum Gasteiger partial charge on any atom is 0.165 e. The Bertz CT molecular complexity index is 926. The fraction of sp³-hybridized carbons (Fsp3) is 0.176. The van der Waals surface area contributed by atoms with Gasteiger partial charge in [-0.15, -0.1) is 22.6 Å². The summed E-state index contributed by atoms with van der Waals surface area (Å²) >= 11 is 13.5. The highest BCUT2D eigenvalue weighted by Gasteiger charge is 2.16. The van der Waals surface area contributed by atoms with Gasteiger partial charge in [-0.25, -0.2) is 4.39 Å². The number of halogens is 4. The Kier molecular flexibility index (Phi) is 7.79. The molecule has 0 fully saturated rings. The van der Waals surface area contributed by atoms with Gasteiger partial charge in [-0.05, 0) is 18.2 Å². The molecule has 3 aromatic rings. The van der Waals surface area contributed by atoms with Gasteiger partial charge < -0.3 is 15.6 Å². The number of aliphatic hydroxyl groups excluding tert-OH is 1. The summed E-state index contributed by atoms with van der Waals surface area (Å²) < 4.78 is 19.6. The average molecular weight is 451 g/mol. The summed E-state index contributed by atoms with van der Waals surface area (Å²) in [5.41, 5.74) is 6.77. The molecule has 3 rings (SSSR count). The van der Waals surface area contributed by atoms with Crippen molar-refractivity contribution in [3.8, 4) is 26.9 Å². The molecule has 0 aliphatic rings. The summed E-state index contributed by atoms with van der Waals surface area (Å²) in [5, 5.41) is 19.1. The van der Waals surface area contributed by atoms with Gasteiger partial charge in [0.15, 0.2) is 11.6 Å². The summed E-state index contributed by atoms with van der Waals surface area (Å²) in [6.45, 7) is -0.286. The lowest BCUT2D eigenvalue weighted by Crippen LogP contribution is -2.31. The Morgan fingerprint density at radius 1 is 1.19 bits per heavy atom. The Morgan fingerprint density at radius 2 is 1.93 bits per heavy atom. The highest BCUT2D eigenvalue weighted by atomic mass is 35.5. The van der Waals surface area contributed by atoms with E-state index in [1.807, 2.05) is 12.1 Å². The first-order chi connectivity index (χ1) is 12.5. The van der Waals surface area contributed by atoms with E-state index >= 15 is 0 Å². The molecular formula is C17H15Cl3FN3O2S. The molecule has 0 radical (unpaired) electrons. The number of hydrogen-bond acceptors (Lipinski definition) is 6. The average Bonchev–Trinajstić information content (AvgIpc) is 3.11. The van der Waals surface area contributed by atoms with Crippen LogP contribution in [0.1, 0.15) is 0 Å². The minimum absolute atomic E-state index is 0. The van der Waals surface area contributed by atoms with Crippen LogP contribution in [0.4, 0.5) is 4.39 Å². The largest absolute Gasteiger partial charge is 0.489 e. The first kappa shape index (κ1) is 21.8. The van der Waals surface area contributed by atoms with Crippen molar-refractivity contribution in [3.63, 3.8) is 0 Å². The fourth-order valence-corrected chi connectivity index (χ4v) is 3.48. The lowest BCUT2D eigenvalue weighted by atomic mass is 10.2. The van der Waals surface area contributed by atoms with Crippen LogP contribution in [0.5, 0.6) is 5.75 Å². The maximum atomic E-state index is 14.3. The second kappa shape index (κ2) is 9.64. The minimum atomic E-state index is -0.603. The summed E-state index contributed by atoms with van der Waals surface area (Å²) in [4.78, 5) is 0. The number of benzene rings is 2. The number of hydrogen-bond donors (Lipinski definition) is 2. The molecule has 2 aromatic carbocycles. The zero-order valence-corrected chi connectivity index (χ0v) is 16.9. The van der Waals surface area contributed by atoms with Gasteiger partial charge in [-0.2, -0.15) is 0 Å². The van der Waals surface area contributed by atoms with Gasteiger partial charge >= 0.3 is 0 Å². The third-order valence-corrected chi connectivity index (χ3v) is 4.99. The summed E-state index contributed by atoms with van der Waals surface area (Å²) in [6.07, 6.45) is 0. The molecule has 0 amide bonds. The first-order valence-electron chi connectivity index (χ1n) is 7.56. The molecule has 0 spiro atoms. The van der Waals surface area contributed by atoms with Crippen LogP contribution in [-0.4, -0.2) is 34.6 Å². The van der Waals surface area contributed by atoms with Crippen LogP contribution < -0.4 is 10.5 Å². The van der Waals surface area contributed by atoms with Gasteiger partial charge in [0.2, 0.25) is 0 Å². The van der Waals surface area contributed by atoms with Crippen LogP contribution in [0, 0.1) is 5.82 Å². The van der Waals surface area contributed by atoms with Gasteiger partial charge in [-0.3, -0.25) is 0 Å². The second-order valence-electron chi connectivity index (χ2n) is 5.44. The van der Waals surface area contributed by atoms with Gasteiger partial charge in [0, 0.05) is 22.2 Å². The molecule has 1 heterocycles. The number of ether oxygens (including phenoxy) is 1. The third kappa shape index (κ3) is 5.28. The van der Waals surface area contributed by atoms with Crippen LogP contribution in [0.25, 0.3) is 21.1 Å². The fourth-order valence-electron chi connectivity index (χ4n) is 2.12. The second-order valence-corrected chi connectivity index (χ2v) is 7.26. The third-order valence-electron chi connectivity index (χ3n) is 3.44. The predicted octanol–water partition coefficient (Wildman–Crippen LogP) is 4.44. The highest BCUT2D eigenvalue weighted by molar-refractivity contribution is 7.18. The van der Waals surface area contributed by atoms with Crippen molar-refractivity contribution in [3.05, 3.63) is 52.3 Å². The number of aliphatic hydroxyl groups is 1. The lowest BCUT2D eigenvalue weighted by molar-refractivity contribution is 0.202. The van der Waals surface area contributed by atoms with Crippen LogP contribution >= 0.6 is 46.9 Å². The quantitative estimate of drug-likeness (QED) is 0.580. The smallest absolute Gasteiger partial charge is 0.165 e. The van der Waals surface area contributed by atoms with E-state index in [0.717, 1.165) is 5.56 Å². The molecule has 144 valence electrons.